The molecular weight excluding hydrogens is 440 g/mol. The minimum Gasteiger partial charge on any atom is -0.480 e. The summed E-state index contributed by atoms with van der Waals surface area (Å²) in [5.41, 5.74) is 3.56. The van der Waals surface area contributed by atoms with Crippen LogP contribution in [0.1, 0.15) is 44.2 Å². The van der Waals surface area contributed by atoms with Gasteiger partial charge in [0.15, 0.2) is 0 Å². The van der Waals surface area contributed by atoms with Crippen LogP contribution in [0.3, 0.4) is 0 Å². The SMILES string of the molecule is CON(CC[C@H](NC(=O)OCC1c2ccccc2-c2ccccc21)C(=O)O)C(=O)OC(C)(C)C. The smallest absolute Gasteiger partial charge is 0.434 e. The fraction of sp³-hybridized carbons (Fsp3) is 0.400. The van der Waals surface area contributed by atoms with E-state index in [1.807, 2.05) is 48.5 Å². The summed E-state index contributed by atoms with van der Waals surface area (Å²) in [4.78, 5) is 41.3. The topological polar surface area (TPSA) is 114 Å². The normalized spacial score (nSPS) is 13.4. The predicted molar refractivity (Wildman–Crippen MR) is 124 cm³/mol. The summed E-state index contributed by atoms with van der Waals surface area (Å²) in [7, 11) is 1.28. The second-order valence-electron chi connectivity index (χ2n) is 8.91. The minimum absolute atomic E-state index is 0.0638. The van der Waals surface area contributed by atoms with Gasteiger partial charge in [-0.15, -0.1) is 0 Å². The Kier molecular flexibility index (Phi) is 7.78. The number of amides is 2. The molecule has 9 nitrogen and oxygen atoms in total. The second kappa shape index (κ2) is 10.6. The van der Waals surface area contributed by atoms with Crippen molar-refractivity contribution in [2.24, 2.45) is 0 Å². The third-order valence-electron chi connectivity index (χ3n) is 5.37. The Morgan fingerprint density at radius 2 is 1.59 bits per heavy atom. The number of carboxylic acids is 1. The van der Waals surface area contributed by atoms with E-state index in [1.54, 1.807) is 20.8 Å². The summed E-state index contributed by atoms with van der Waals surface area (Å²) in [5, 5.41) is 12.8. The van der Waals surface area contributed by atoms with Crippen LogP contribution in [0.25, 0.3) is 11.1 Å². The van der Waals surface area contributed by atoms with Crippen LogP contribution < -0.4 is 5.32 Å². The van der Waals surface area contributed by atoms with Crippen molar-refractivity contribution in [1.29, 1.82) is 0 Å². The third-order valence-corrected chi connectivity index (χ3v) is 5.37. The molecule has 0 spiro atoms. The number of ether oxygens (including phenoxy) is 2. The molecule has 2 aromatic carbocycles. The van der Waals surface area contributed by atoms with Crippen LogP contribution in [0, 0.1) is 0 Å². The van der Waals surface area contributed by atoms with Crippen molar-refractivity contribution in [2.45, 2.75) is 44.8 Å². The lowest BCUT2D eigenvalue weighted by Crippen LogP contribution is -2.45. The van der Waals surface area contributed by atoms with E-state index < -0.39 is 29.8 Å². The van der Waals surface area contributed by atoms with E-state index in [0.29, 0.717) is 0 Å². The molecular formula is C25H30N2O7. The van der Waals surface area contributed by atoms with Crippen LogP contribution in [0.2, 0.25) is 0 Å². The average Bonchev–Trinajstić information content (AvgIpc) is 3.09. The Labute approximate surface area is 198 Å². The zero-order valence-electron chi connectivity index (χ0n) is 19.7. The van der Waals surface area contributed by atoms with E-state index in [2.05, 4.69) is 5.32 Å². The summed E-state index contributed by atoms with van der Waals surface area (Å²) >= 11 is 0. The van der Waals surface area contributed by atoms with Crippen molar-refractivity contribution in [3.63, 3.8) is 0 Å². The summed E-state index contributed by atoms with van der Waals surface area (Å²) in [6.45, 7) is 5.08. The first-order chi connectivity index (χ1) is 16.1. The summed E-state index contributed by atoms with van der Waals surface area (Å²) < 4.78 is 10.6. The first-order valence-electron chi connectivity index (χ1n) is 11.0. The van der Waals surface area contributed by atoms with Crippen molar-refractivity contribution in [2.75, 3.05) is 20.3 Å². The van der Waals surface area contributed by atoms with Crippen molar-refractivity contribution < 1.29 is 33.8 Å². The van der Waals surface area contributed by atoms with Crippen LogP contribution in [-0.4, -0.2) is 60.2 Å². The van der Waals surface area contributed by atoms with Gasteiger partial charge >= 0.3 is 18.2 Å². The molecule has 2 aromatic rings. The molecule has 2 N–H and O–H groups in total. The maximum Gasteiger partial charge on any atom is 0.434 e. The number of carboxylic acid groups (broad SMARTS) is 1. The van der Waals surface area contributed by atoms with Gasteiger partial charge in [-0.3, -0.25) is 4.84 Å². The number of carbonyl (C=O) groups excluding carboxylic acids is 2. The Morgan fingerprint density at radius 3 is 2.09 bits per heavy atom. The van der Waals surface area contributed by atoms with E-state index in [9.17, 15) is 19.5 Å². The number of nitrogens with one attached hydrogen (secondary N) is 1. The fourth-order valence-electron chi connectivity index (χ4n) is 3.86. The van der Waals surface area contributed by atoms with Crippen molar-refractivity contribution in [3.05, 3.63) is 59.7 Å². The molecule has 2 amide bonds. The molecule has 0 radical (unpaired) electrons. The molecule has 3 rings (SSSR count). The fourth-order valence-corrected chi connectivity index (χ4v) is 3.86. The molecule has 1 atom stereocenters. The van der Waals surface area contributed by atoms with E-state index in [4.69, 9.17) is 14.3 Å². The molecule has 9 heteroatoms. The van der Waals surface area contributed by atoms with Crippen molar-refractivity contribution >= 4 is 18.2 Å². The molecule has 0 aliphatic heterocycles. The highest BCUT2D eigenvalue weighted by atomic mass is 16.7. The van der Waals surface area contributed by atoms with Gasteiger partial charge in [0.05, 0.1) is 13.7 Å². The number of rotatable bonds is 8. The van der Waals surface area contributed by atoms with Crippen LogP contribution in [0.15, 0.2) is 48.5 Å². The average molecular weight is 471 g/mol. The molecule has 0 heterocycles. The van der Waals surface area contributed by atoms with Gasteiger partial charge in [0.1, 0.15) is 18.2 Å². The van der Waals surface area contributed by atoms with E-state index in [1.165, 1.54) is 7.11 Å². The lowest BCUT2D eigenvalue weighted by molar-refractivity contribution is -0.142. The third kappa shape index (κ3) is 6.05. The number of carbonyl (C=O) groups is 3. The van der Waals surface area contributed by atoms with Gasteiger partial charge in [-0.05, 0) is 49.4 Å². The number of hydrogen-bond donors (Lipinski definition) is 2. The Hall–Kier alpha value is -3.59. The number of aliphatic carboxylic acids is 1. The molecule has 0 aromatic heterocycles. The molecule has 1 aliphatic carbocycles. The zero-order valence-corrected chi connectivity index (χ0v) is 19.7. The van der Waals surface area contributed by atoms with Crippen molar-refractivity contribution in [1.82, 2.24) is 10.4 Å². The molecule has 0 unspecified atom stereocenters. The van der Waals surface area contributed by atoms with Crippen LogP contribution in [0.5, 0.6) is 0 Å². The Balaban J connectivity index is 1.58. The highest BCUT2D eigenvalue weighted by Gasteiger charge is 2.30. The molecule has 0 saturated heterocycles. The van der Waals surface area contributed by atoms with Gasteiger partial charge in [0.2, 0.25) is 0 Å². The first-order valence-corrected chi connectivity index (χ1v) is 11.0. The van der Waals surface area contributed by atoms with Gasteiger partial charge in [0.25, 0.3) is 0 Å². The lowest BCUT2D eigenvalue weighted by Gasteiger charge is -2.26. The van der Waals surface area contributed by atoms with E-state index >= 15 is 0 Å². The molecule has 0 fully saturated rings. The summed E-state index contributed by atoms with van der Waals surface area (Å²) in [5.74, 6) is -1.40. The monoisotopic (exact) mass is 470 g/mol. The van der Waals surface area contributed by atoms with Crippen LogP contribution in [0.4, 0.5) is 9.59 Å². The van der Waals surface area contributed by atoms with Gasteiger partial charge in [-0.25, -0.2) is 14.4 Å². The molecule has 34 heavy (non-hydrogen) atoms. The molecule has 0 saturated carbocycles. The van der Waals surface area contributed by atoms with Gasteiger partial charge in [0, 0.05) is 5.92 Å². The molecule has 1 aliphatic rings. The highest BCUT2D eigenvalue weighted by molar-refractivity contribution is 5.81. The predicted octanol–water partition coefficient (Wildman–Crippen LogP) is 4.17. The number of alkyl carbamates (subject to hydrolysis) is 1. The summed E-state index contributed by atoms with van der Waals surface area (Å²) in [6.07, 6.45) is -1.71. The van der Waals surface area contributed by atoms with Gasteiger partial charge in [-0.2, -0.15) is 5.06 Å². The summed E-state index contributed by atoms with van der Waals surface area (Å²) in [6, 6.07) is 14.6. The van der Waals surface area contributed by atoms with Crippen molar-refractivity contribution in [3.8, 4) is 11.1 Å². The number of nitrogens with zero attached hydrogens (tertiary/aromatic N) is 1. The molecule has 182 valence electrons. The largest absolute Gasteiger partial charge is 0.480 e. The Morgan fingerprint density at radius 1 is 1.03 bits per heavy atom. The standard InChI is InChI=1S/C25H30N2O7/c1-25(2,3)34-24(31)27(32-4)14-13-21(22(28)29)26-23(30)33-15-20-18-11-7-5-9-16(18)17-10-6-8-12-19(17)20/h5-12,20-21H,13-15H2,1-4H3,(H,26,30)(H,28,29)/t21-/m0/s1. The zero-order chi connectivity index (χ0) is 24.9. The van der Waals surface area contributed by atoms with E-state index in [-0.39, 0.29) is 25.5 Å². The van der Waals surface area contributed by atoms with Crippen LogP contribution in [-0.2, 0) is 19.1 Å². The van der Waals surface area contributed by atoms with E-state index in [0.717, 1.165) is 27.3 Å². The maximum absolute atomic E-state index is 12.4. The van der Waals surface area contributed by atoms with Gasteiger partial charge in [-0.1, -0.05) is 48.5 Å². The minimum atomic E-state index is -1.28. The number of hydrogen-bond acceptors (Lipinski definition) is 6. The lowest BCUT2D eigenvalue weighted by atomic mass is 9.98. The number of benzene rings is 2. The number of hydroxylamine groups is 2. The van der Waals surface area contributed by atoms with Gasteiger partial charge < -0.3 is 19.9 Å². The quantitative estimate of drug-likeness (QED) is 0.557. The maximum atomic E-state index is 12.4. The van der Waals surface area contributed by atoms with Crippen LogP contribution >= 0.6 is 0 Å². The number of fused-ring (bicyclic) bond motifs is 3. The second-order valence-corrected chi connectivity index (χ2v) is 8.91. The molecule has 0 bridgehead atoms. The first kappa shape index (κ1) is 25.0. The Bertz CT molecular complexity index is 1000. The highest BCUT2D eigenvalue weighted by Crippen LogP contribution is 2.44.